The number of nitrogens with zero attached hydrogens (tertiary/aromatic N) is 3. The second-order valence-corrected chi connectivity index (χ2v) is 9.82. The Morgan fingerprint density at radius 2 is 1.94 bits per heavy atom. The van der Waals surface area contributed by atoms with Crippen LogP contribution in [0.2, 0.25) is 0 Å². The van der Waals surface area contributed by atoms with Crippen LogP contribution in [0.1, 0.15) is 44.2 Å². The van der Waals surface area contributed by atoms with Gasteiger partial charge in [0.05, 0.1) is 12.3 Å². The second-order valence-electron chi connectivity index (χ2n) is 9.82. The molecule has 0 radical (unpaired) electrons. The molecule has 7 nitrogen and oxygen atoms in total. The molecule has 5 rings (SSSR count). The third kappa shape index (κ3) is 5.20. The minimum Gasteiger partial charge on any atom is -0.481 e. The zero-order valence-corrected chi connectivity index (χ0v) is 20.2. The number of piperazine rings is 1. The Morgan fingerprint density at radius 3 is 2.79 bits per heavy atom. The monoisotopic (exact) mass is 462 g/mol. The summed E-state index contributed by atoms with van der Waals surface area (Å²) in [5.74, 6) is 2.27. The lowest BCUT2D eigenvalue weighted by molar-refractivity contribution is -0.116. The maximum Gasteiger partial charge on any atom is 0.225 e. The van der Waals surface area contributed by atoms with E-state index in [2.05, 4.69) is 64.3 Å². The average molecular weight is 463 g/mol. The van der Waals surface area contributed by atoms with Crippen LogP contribution in [-0.2, 0) is 11.2 Å². The Labute approximate surface area is 201 Å². The molecule has 4 heterocycles. The molecule has 34 heavy (non-hydrogen) atoms. The standard InChI is InChI=1S/C27H34N4O3/c1-27(2)13-12-20-6-5-7-22(25(20)34-27)31-17-15-30(16-18-31)14-3-4-19-33-24-11-9-21-8-10-23(32)28-26(21)29-24/h5-7,9,11-13H,3-4,8,10,14-19H2,1-2H3,(H,28,29,32). The second kappa shape index (κ2) is 9.66. The minimum atomic E-state index is -0.268. The van der Waals surface area contributed by atoms with Gasteiger partial charge in [0.1, 0.15) is 11.4 Å². The number of unbranched alkanes of at least 4 members (excludes halogenated alkanes) is 1. The molecule has 0 spiro atoms. The highest BCUT2D eigenvalue weighted by Gasteiger charge is 2.27. The van der Waals surface area contributed by atoms with Crippen LogP contribution >= 0.6 is 0 Å². The lowest BCUT2D eigenvalue weighted by Crippen LogP contribution is -2.47. The molecule has 1 fully saturated rings. The number of para-hydroxylation sites is 1. The summed E-state index contributed by atoms with van der Waals surface area (Å²) in [5, 5.41) is 2.83. The van der Waals surface area contributed by atoms with Crippen molar-refractivity contribution >= 4 is 23.5 Å². The molecule has 0 atom stereocenters. The fourth-order valence-corrected chi connectivity index (χ4v) is 4.75. The van der Waals surface area contributed by atoms with Gasteiger partial charge in [-0.25, -0.2) is 0 Å². The third-order valence-electron chi connectivity index (χ3n) is 6.72. The zero-order valence-electron chi connectivity index (χ0n) is 20.2. The van der Waals surface area contributed by atoms with Crippen LogP contribution in [0, 0.1) is 0 Å². The van der Waals surface area contributed by atoms with Crippen molar-refractivity contribution in [2.24, 2.45) is 0 Å². The number of benzene rings is 1. The molecule has 1 amide bonds. The molecular weight excluding hydrogens is 428 g/mol. The summed E-state index contributed by atoms with van der Waals surface area (Å²) in [6, 6.07) is 10.3. The van der Waals surface area contributed by atoms with Crippen LogP contribution in [0.25, 0.3) is 6.08 Å². The van der Waals surface area contributed by atoms with Crippen LogP contribution in [0.4, 0.5) is 11.5 Å². The van der Waals surface area contributed by atoms with Crippen LogP contribution in [0.3, 0.4) is 0 Å². The Morgan fingerprint density at radius 1 is 1.09 bits per heavy atom. The van der Waals surface area contributed by atoms with E-state index in [-0.39, 0.29) is 11.5 Å². The van der Waals surface area contributed by atoms with E-state index in [1.54, 1.807) is 0 Å². The summed E-state index contributed by atoms with van der Waals surface area (Å²) >= 11 is 0. The van der Waals surface area contributed by atoms with Gasteiger partial charge in [-0.15, -0.1) is 0 Å². The number of pyridine rings is 1. The van der Waals surface area contributed by atoms with Gasteiger partial charge in [-0.05, 0) is 63.4 Å². The molecule has 3 aliphatic heterocycles. The highest BCUT2D eigenvalue weighted by molar-refractivity contribution is 5.92. The quantitative estimate of drug-likeness (QED) is 0.624. The first-order chi connectivity index (χ1) is 16.5. The van der Waals surface area contributed by atoms with Crippen molar-refractivity contribution in [3.63, 3.8) is 0 Å². The Hall–Kier alpha value is -3.06. The van der Waals surface area contributed by atoms with E-state index in [9.17, 15) is 4.79 Å². The number of aromatic nitrogens is 1. The van der Waals surface area contributed by atoms with E-state index in [1.807, 2.05) is 12.1 Å². The lowest BCUT2D eigenvalue weighted by Gasteiger charge is -2.38. The summed E-state index contributed by atoms with van der Waals surface area (Å²) in [5.41, 5.74) is 3.18. The number of hydrogen-bond donors (Lipinski definition) is 1. The van der Waals surface area contributed by atoms with Crippen molar-refractivity contribution in [3.05, 3.63) is 47.5 Å². The van der Waals surface area contributed by atoms with E-state index in [0.717, 1.165) is 68.9 Å². The SMILES string of the molecule is CC1(C)C=Cc2cccc(N3CCN(CCCCOc4ccc5c(n4)NC(=O)CC5)CC3)c2O1. The molecule has 180 valence electrons. The molecule has 7 heteroatoms. The van der Waals surface area contributed by atoms with E-state index in [1.165, 1.54) is 5.69 Å². The summed E-state index contributed by atoms with van der Waals surface area (Å²) in [7, 11) is 0. The predicted molar refractivity (Wildman–Crippen MR) is 135 cm³/mol. The maximum atomic E-state index is 11.6. The van der Waals surface area contributed by atoms with Gasteiger partial charge in [0.2, 0.25) is 11.8 Å². The number of fused-ring (bicyclic) bond motifs is 2. The van der Waals surface area contributed by atoms with E-state index < -0.39 is 0 Å². The van der Waals surface area contributed by atoms with Crippen LogP contribution in [-0.4, -0.2) is 60.7 Å². The smallest absolute Gasteiger partial charge is 0.225 e. The fraction of sp³-hybridized carbons (Fsp3) is 0.481. The third-order valence-corrected chi connectivity index (χ3v) is 6.72. The normalized spacial score (nSPS) is 19.1. The molecule has 0 saturated carbocycles. The van der Waals surface area contributed by atoms with Crippen molar-refractivity contribution in [2.75, 3.05) is 49.5 Å². The van der Waals surface area contributed by atoms with Gasteiger partial charge in [-0.3, -0.25) is 9.69 Å². The number of carbonyl (C=O) groups excluding carboxylic acids is 1. The van der Waals surface area contributed by atoms with Gasteiger partial charge in [-0.1, -0.05) is 18.2 Å². The molecule has 1 aromatic heterocycles. The zero-order chi connectivity index (χ0) is 23.5. The first-order valence-electron chi connectivity index (χ1n) is 12.4. The molecule has 1 saturated heterocycles. The molecule has 0 unspecified atom stereocenters. The molecule has 0 bridgehead atoms. The number of rotatable bonds is 7. The summed E-state index contributed by atoms with van der Waals surface area (Å²) in [6.45, 7) is 10.0. The van der Waals surface area contributed by atoms with E-state index in [4.69, 9.17) is 9.47 Å². The Bertz CT molecular complexity index is 1070. The van der Waals surface area contributed by atoms with Gasteiger partial charge in [0, 0.05) is 44.2 Å². The van der Waals surface area contributed by atoms with Gasteiger partial charge in [0.25, 0.3) is 0 Å². The first kappa shape index (κ1) is 22.7. The van der Waals surface area contributed by atoms with Gasteiger partial charge in [0.15, 0.2) is 5.75 Å². The number of ether oxygens (including phenoxy) is 2. The Balaban J connectivity index is 1.05. The van der Waals surface area contributed by atoms with Crippen LogP contribution in [0.15, 0.2) is 36.4 Å². The summed E-state index contributed by atoms with van der Waals surface area (Å²) < 4.78 is 12.1. The predicted octanol–water partition coefficient (Wildman–Crippen LogP) is 4.13. The van der Waals surface area contributed by atoms with Crippen molar-refractivity contribution in [1.29, 1.82) is 0 Å². The average Bonchev–Trinajstić information content (AvgIpc) is 2.83. The highest BCUT2D eigenvalue weighted by atomic mass is 16.5. The van der Waals surface area contributed by atoms with Gasteiger partial charge >= 0.3 is 0 Å². The van der Waals surface area contributed by atoms with Gasteiger partial charge < -0.3 is 19.7 Å². The fourth-order valence-electron chi connectivity index (χ4n) is 4.75. The van der Waals surface area contributed by atoms with Crippen molar-refractivity contribution in [1.82, 2.24) is 9.88 Å². The number of amides is 1. The van der Waals surface area contributed by atoms with Crippen LogP contribution < -0.4 is 19.7 Å². The topological polar surface area (TPSA) is 66.9 Å². The number of hydrogen-bond acceptors (Lipinski definition) is 6. The number of anilines is 2. The number of aryl methyl sites for hydroxylation is 1. The maximum absolute atomic E-state index is 11.6. The van der Waals surface area contributed by atoms with E-state index in [0.29, 0.717) is 24.7 Å². The Kier molecular flexibility index (Phi) is 6.46. The summed E-state index contributed by atoms with van der Waals surface area (Å²) in [4.78, 5) is 21.0. The van der Waals surface area contributed by atoms with Crippen molar-refractivity contribution < 1.29 is 14.3 Å². The molecule has 0 aliphatic carbocycles. The van der Waals surface area contributed by atoms with Crippen molar-refractivity contribution in [3.8, 4) is 11.6 Å². The lowest BCUT2D eigenvalue weighted by atomic mass is 10.0. The molecule has 3 aliphatic rings. The summed E-state index contributed by atoms with van der Waals surface area (Å²) in [6.07, 6.45) is 7.64. The molecule has 1 N–H and O–H groups in total. The van der Waals surface area contributed by atoms with Crippen molar-refractivity contribution in [2.45, 2.75) is 45.1 Å². The van der Waals surface area contributed by atoms with Crippen LogP contribution in [0.5, 0.6) is 11.6 Å². The molecule has 1 aromatic carbocycles. The number of carbonyl (C=O) groups is 1. The largest absolute Gasteiger partial charge is 0.481 e. The molecule has 2 aromatic rings. The number of nitrogens with one attached hydrogen (secondary N) is 1. The van der Waals surface area contributed by atoms with Gasteiger partial charge in [-0.2, -0.15) is 4.98 Å². The minimum absolute atomic E-state index is 0.0256. The first-order valence-corrected chi connectivity index (χ1v) is 12.4. The van der Waals surface area contributed by atoms with E-state index >= 15 is 0 Å². The highest BCUT2D eigenvalue weighted by Crippen LogP contribution is 2.39. The molecular formula is C27H34N4O3.